The van der Waals surface area contributed by atoms with Crippen LogP contribution in [0.4, 0.5) is 0 Å². The van der Waals surface area contributed by atoms with Gasteiger partial charge in [-0.05, 0) is 77.3 Å². The highest BCUT2D eigenvalue weighted by Crippen LogP contribution is 2.43. The van der Waals surface area contributed by atoms with Crippen molar-refractivity contribution < 1.29 is 0 Å². The van der Waals surface area contributed by atoms with E-state index < -0.39 is 0 Å². The zero-order valence-corrected chi connectivity index (χ0v) is 19.1. The topological polar surface area (TPSA) is 28.8 Å². The van der Waals surface area contributed by atoms with E-state index in [0.717, 1.165) is 25.7 Å². The first-order valence-corrected chi connectivity index (χ1v) is 12.3. The molecule has 1 N–H and O–H groups in total. The molecular weight excluding hydrogens is 412 g/mol. The van der Waals surface area contributed by atoms with Crippen molar-refractivity contribution in [2.24, 2.45) is 0 Å². The van der Waals surface area contributed by atoms with Gasteiger partial charge < -0.3 is 9.98 Å². The molecule has 2 aliphatic carbocycles. The molecule has 2 nitrogen and oxygen atoms in total. The average molecular weight is 439 g/mol. The van der Waals surface area contributed by atoms with Gasteiger partial charge in [0.25, 0.3) is 0 Å². The summed E-state index contributed by atoms with van der Waals surface area (Å²) in [6.07, 6.45) is 5.95. The average Bonchev–Trinajstić information content (AvgIpc) is 3.44. The molecule has 164 valence electrons. The van der Waals surface area contributed by atoms with E-state index in [4.69, 9.17) is 5.41 Å². The Morgan fingerprint density at radius 3 is 2.44 bits per heavy atom. The van der Waals surface area contributed by atoms with Crippen molar-refractivity contribution in [3.8, 4) is 27.9 Å². The summed E-state index contributed by atoms with van der Waals surface area (Å²) in [5.74, 6) is 0.163. The first-order chi connectivity index (χ1) is 16.8. The summed E-state index contributed by atoms with van der Waals surface area (Å²) >= 11 is 0. The highest BCUT2D eigenvalue weighted by molar-refractivity contribution is 5.92. The molecule has 1 heterocycles. The minimum Gasteiger partial charge on any atom is -0.312 e. The molecule has 34 heavy (non-hydrogen) atoms. The lowest BCUT2D eigenvalue weighted by molar-refractivity contribution is 0.635. The summed E-state index contributed by atoms with van der Waals surface area (Å²) in [4.78, 5) is 0. The lowest BCUT2D eigenvalue weighted by Gasteiger charge is -2.24. The summed E-state index contributed by atoms with van der Waals surface area (Å²) in [6, 6.07) is 33.3. The normalized spacial score (nSPS) is 16.2. The zero-order valence-electron chi connectivity index (χ0n) is 19.1. The maximum atomic E-state index is 8.19. The van der Waals surface area contributed by atoms with Crippen LogP contribution < -0.4 is 0 Å². The highest BCUT2D eigenvalue weighted by atomic mass is 15.0. The summed E-state index contributed by atoms with van der Waals surface area (Å²) in [6.45, 7) is 0. The second-order valence-electron chi connectivity index (χ2n) is 9.60. The monoisotopic (exact) mass is 438 g/mol. The van der Waals surface area contributed by atoms with Gasteiger partial charge in [0.2, 0.25) is 0 Å². The van der Waals surface area contributed by atoms with Gasteiger partial charge >= 0.3 is 0 Å². The molecule has 0 radical (unpaired) electrons. The van der Waals surface area contributed by atoms with Crippen molar-refractivity contribution in [3.63, 3.8) is 0 Å². The molecule has 5 aromatic rings. The van der Waals surface area contributed by atoms with E-state index in [1.165, 1.54) is 61.2 Å². The van der Waals surface area contributed by atoms with Gasteiger partial charge in [-0.2, -0.15) is 0 Å². The van der Waals surface area contributed by atoms with Gasteiger partial charge in [-0.1, -0.05) is 72.8 Å². The van der Waals surface area contributed by atoms with Gasteiger partial charge in [0.05, 0.1) is 11.2 Å². The molecule has 0 fully saturated rings. The molecule has 0 saturated carbocycles. The summed E-state index contributed by atoms with van der Waals surface area (Å²) in [5, 5.41) is 9.53. The van der Waals surface area contributed by atoms with E-state index in [1.807, 2.05) is 0 Å². The Morgan fingerprint density at radius 2 is 1.53 bits per heavy atom. The molecule has 2 aliphatic rings. The summed E-state index contributed by atoms with van der Waals surface area (Å²) in [5.41, 5.74) is 13.2. The number of nitrogens with one attached hydrogen (secondary N) is 1. The number of benzene rings is 4. The number of fused-ring (bicyclic) bond motifs is 6. The van der Waals surface area contributed by atoms with Gasteiger partial charge in [-0.15, -0.1) is 0 Å². The number of para-hydroxylation sites is 2. The molecule has 0 aliphatic heterocycles. The van der Waals surface area contributed by atoms with Crippen LogP contribution in [0.1, 0.15) is 41.1 Å². The second kappa shape index (κ2) is 7.56. The van der Waals surface area contributed by atoms with E-state index in [2.05, 4.69) is 95.6 Å². The lowest BCUT2D eigenvalue weighted by Crippen LogP contribution is -2.14. The third-order valence-corrected chi connectivity index (χ3v) is 7.77. The molecule has 0 saturated heterocycles. The third-order valence-electron chi connectivity index (χ3n) is 7.77. The molecule has 1 aromatic heterocycles. The molecule has 0 spiro atoms. The van der Waals surface area contributed by atoms with Gasteiger partial charge in [0, 0.05) is 28.8 Å². The van der Waals surface area contributed by atoms with E-state index in [1.54, 1.807) is 6.21 Å². The largest absolute Gasteiger partial charge is 0.312 e. The van der Waals surface area contributed by atoms with Crippen LogP contribution >= 0.6 is 0 Å². The van der Waals surface area contributed by atoms with Crippen LogP contribution in [-0.2, 0) is 12.8 Å². The second-order valence-corrected chi connectivity index (χ2v) is 9.60. The molecule has 4 aromatic carbocycles. The van der Waals surface area contributed by atoms with Crippen LogP contribution in [0.5, 0.6) is 0 Å². The minimum absolute atomic E-state index is 0.163. The van der Waals surface area contributed by atoms with Crippen molar-refractivity contribution in [1.82, 2.24) is 4.57 Å². The number of aromatic nitrogens is 1. The Balaban J connectivity index is 1.48. The smallest absolute Gasteiger partial charge is 0.0537 e. The molecule has 0 amide bonds. The predicted octanol–water partition coefficient (Wildman–Crippen LogP) is 7.94. The summed E-state index contributed by atoms with van der Waals surface area (Å²) < 4.78 is 2.45. The van der Waals surface area contributed by atoms with Crippen molar-refractivity contribution >= 4 is 17.1 Å². The molecule has 1 unspecified atom stereocenters. The van der Waals surface area contributed by atoms with E-state index in [9.17, 15) is 0 Å². The standard InChI is InChI=1S/C32H26N2/c33-20-24-9-7-13-28-27-12-4-6-15-31(27)34(32(24)28)30-14-5-3-11-26(30)23-17-16-22-18-21-8-1-2-10-25(21)29(22)19-23/h1-6,8,10-12,14-17,19-20,24,33H,7,9,13,18H2. The fourth-order valence-corrected chi connectivity index (χ4v) is 6.24. The molecule has 0 bridgehead atoms. The first-order valence-electron chi connectivity index (χ1n) is 12.3. The number of hydrogen-bond acceptors (Lipinski definition) is 1. The summed E-state index contributed by atoms with van der Waals surface area (Å²) in [7, 11) is 0. The molecule has 7 rings (SSSR count). The lowest BCUT2D eigenvalue weighted by atomic mass is 9.87. The maximum absolute atomic E-state index is 8.19. The zero-order chi connectivity index (χ0) is 22.6. The fraction of sp³-hybridized carbons (Fsp3) is 0.156. The Kier molecular flexibility index (Phi) is 4.35. The SMILES string of the molecule is N=CC1CCCc2c1n(-c1ccccc1-c1ccc3c(c1)-c1ccccc1C3)c1ccccc21. The molecule has 1 atom stereocenters. The Labute approximate surface area is 200 Å². The Hall–Kier alpha value is -3.91. The van der Waals surface area contributed by atoms with Crippen LogP contribution in [0.3, 0.4) is 0 Å². The third kappa shape index (κ3) is 2.78. The van der Waals surface area contributed by atoms with E-state index >= 15 is 0 Å². The van der Waals surface area contributed by atoms with E-state index in [-0.39, 0.29) is 5.92 Å². The quantitative estimate of drug-likeness (QED) is 0.272. The fourth-order valence-electron chi connectivity index (χ4n) is 6.24. The van der Waals surface area contributed by atoms with E-state index in [0.29, 0.717) is 0 Å². The van der Waals surface area contributed by atoms with Gasteiger partial charge in [-0.25, -0.2) is 0 Å². The van der Waals surface area contributed by atoms with Crippen molar-refractivity contribution in [3.05, 3.63) is 113 Å². The van der Waals surface area contributed by atoms with Crippen LogP contribution in [0.2, 0.25) is 0 Å². The van der Waals surface area contributed by atoms with Gasteiger partial charge in [-0.3, -0.25) is 0 Å². The van der Waals surface area contributed by atoms with Gasteiger partial charge in [0.15, 0.2) is 0 Å². The van der Waals surface area contributed by atoms with Crippen molar-refractivity contribution in [2.45, 2.75) is 31.6 Å². The van der Waals surface area contributed by atoms with Crippen LogP contribution in [0.15, 0.2) is 91.0 Å². The van der Waals surface area contributed by atoms with Crippen molar-refractivity contribution in [1.29, 1.82) is 5.41 Å². The number of rotatable bonds is 3. The van der Waals surface area contributed by atoms with Gasteiger partial charge in [0.1, 0.15) is 0 Å². The Morgan fingerprint density at radius 1 is 0.765 bits per heavy atom. The molecule has 2 heteroatoms. The minimum atomic E-state index is 0.163. The van der Waals surface area contributed by atoms with Crippen LogP contribution in [-0.4, -0.2) is 10.8 Å². The first kappa shape index (κ1) is 19.5. The highest BCUT2D eigenvalue weighted by Gasteiger charge is 2.28. The van der Waals surface area contributed by atoms with Crippen LogP contribution in [0.25, 0.3) is 38.8 Å². The van der Waals surface area contributed by atoms with Crippen molar-refractivity contribution in [2.75, 3.05) is 0 Å². The molecular formula is C32H26N2. The van der Waals surface area contributed by atoms with Crippen LogP contribution in [0, 0.1) is 5.41 Å². The number of hydrogen-bond donors (Lipinski definition) is 1. The maximum Gasteiger partial charge on any atom is 0.0537 e. The number of aryl methyl sites for hydroxylation is 1. The predicted molar refractivity (Wildman–Crippen MR) is 141 cm³/mol. The Bertz CT molecular complexity index is 1590. The number of nitrogens with zero attached hydrogens (tertiary/aromatic N) is 1.